The summed E-state index contributed by atoms with van der Waals surface area (Å²) in [4.78, 5) is 0.155. The Balaban J connectivity index is 2.86. The van der Waals surface area contributed by atoms with E-state index in [4.69, 9.17) is 0 Å². The summed E-state index contributed by atoms with van der Waals surface area (Å²) >= 11 is 3.23. The Morgan fingerprint density at radius 3 is 2.88 bits per heavy atom. The quantitative estimate of drug-likeness (QED) is 0.391. The Morgan fingerprint density at radius 1 is 1.75 bits per heavy atom. The van der Waals surface area contributed by atoms with Gasteiger partial charge in [0.05, 0.1) is 4.83 Å². The summed E-state index contributed by atoms with van der Waals surface area (Å²) in [6, 6.07) is 0. The van der Waals surface area contributed by atoms with Crippen LogP contribution in [0.15, 0.2) is 29.8 Å². The second kappa shape index (κ2) is 2.29. The fraction of sp³-hybridized carbons (Fsp3) is 0.167. The summed E-state index contributed by atoms with van der Waals surface area (Å²) < 4.78 is 12.0. The minimum atomic E-state index is -0.305. The lowest BCUT2D eigenvalue weighted by Crippen LogP contribution is -1.86. The predicted octanol–water partition coefficient (Wildman–Crippen LogP) is 2.33. The first-order chi connectivity index (χ1) is 3.79. The van der Waals surface area contributed by atoms with Crippen LogP contribution in [0.1, 0.15) is 0 Å². The van der Waals surface area contributed by atoms with E-state index in [1.165, 1.54) is 6.08 Å². The van der Waals surface area contributed by atoms with Crippen molar-refractivity contribution in [3.63, 3.8) is 0 Å². The summed E-state index contributed by atoms with van der Waals surface area (Å²) in [6.07, 6.45) is 4.72. The van der Waals surface area contributed by atoms with Crippen LogP contribution >= 0.6 is 15.9 Å². The molecule has 1 unspecified atom stereocenters. The first-order valence-corrected chi connectivity index (χ1v) is 3.15. The van der Waals surface area contributed by atoms with Crippen molar-refractivity contribution in [3.05, 3.63) is 29.8 Å². The average molecular weight is 175 g/mol. The van der Waals surface area contributed by atoms with Crippen molar-refractivity contribution in [1.82, 2.24) is 0 Å². The Labute approximate surface area is 55.5 Å². The van der Waals surface area contributed by atoms with Gasteiger partial charge < -0.3 is 0 Å². The van der Waals surface area contributed by atoms with Gasteiger partial charge in [-0.05, 0) is 12.2 Å². The first kappa shape index (κ1) is 5.80. The molecule has 1 aliphatic carbocycles. The van der Waals surface area contributed by atoms with Crippen molar-refractivity contribution in [1.29, 1.82) is 0 Å². The van der Waals surface area contributed by atoms with E-state index in [0.29, 0.717) is 0 Å². The van der Waals surface area contributed by atoms with E-state index in [1.807, 2.05) is 0 Å². The zero-order valence-electron chi connectivity index (χ0n) is 4.07. The molecule has 0 aromatic rings. The van der Waals surface area contributed by atoms with Gasteiger partial charge >= 0.3 is 0 Å². The largest absolute Gasteiger partial charge is 0.198 e. The van der Waals surface area contributed by atoms with E-state index in [9.17, 15) is 4.39 Å². The van der Waals surface area contributed by atoms with Crippen molar-refractivity contribution >= 4 is 15.9 Å². The monoisotopic (exact) mass is 174 g/mol. The molecule has 0 bridgehead atoms. The molecule has 42 valence electrons. The molecule has 8 heavy (non-hydrogen) atoms. The first-order valence-electron chi connectivity index (χ1n) is 2.23. The number of hydrogen-bond acceptors (Lipinski definition) is 0. The number of allylic oxidation sites excluding steroid dienone is 3. The molecular formula is C6H4BrF. The highest BCUT2D eigenvalue weighted by molar-refractivity contribution is 9.09. The molecule has 1 aliphatic rings. The maximum absolute atomic E-state index is 12.0. The second-order valence-electron chi connectivity index (χ2n) is 1.46. The van der Waals surface area contributed by atoms with Crippen LogP contribution in [-0.2, 0) is 0 Å². The molecule has 2 heteroatoms. The van der Waals surface area contributed by atoms with Gasteiger partial charge in [-0.25, -0.2) is 0 Å². The molecule has 0 saturated heterocycles. The molecule has 0 heterocycles. The molecule has 0 aromatic carbocycles. The lowest BCUT2D eigenvalue weighted by Gasteiger charge is -1.94. The lowest BCUT2D eigenvalue weighted by molar-refractivity contribution is 0.667. The standard InChI is InChI=1S/C6H4BrF/c7-5-1-3-6(8)4-2-5/h1-3,5H. The van der Waals surface area contributed by atoms with Crippen molar-refractivity contribution < 1.29 is 4.39 Å². The highest BCUT2D eigenvalue weighted by atomic mass is 79.9. The van der Waals surface area contributed by atoms with Crippen LogP contribution in [-0.4, -0.2) is 4.83 Å². The summed E-state index contributed by atoms with van der Waals surface area (Å²) in [5.41, 5.74) is 2.42. The fourth-order valence-corrected chi connectivity index (χ4v) is 0.724. The Morgan fingerprint density at radius 2 is 2.50 bits per heavy atom. The van der Waals surface area contributed by atoms with Crippen LogP contribution in [0.3, 0.4) is 0 Å². The summed E-state index contributed by atoms with van der Waals surface area (Å²) in [6.45, 7) is 0. The Bertz CT molecular complexity index is 175. The van der Waals surface area contributed by atoms with Gasteiger partial charge in [0.25, 0.3) is 0 Å². The molecule has 0 N–H and O–H groups in total. The maximum atomic E-state index is 12.0. The third kappa shape index (κ3) is 1.32. The van der Waals surface area contributed by atoms with Gasteiger partial charge in [0, 0.05) is 0 Å². The van der Waals surface area contributed by atoms with Gasteiger partial charge in [-0.2, -0.15) is 4.39 Å². The molecule has 0 aliphatic heterocycles. The fourth-order valence-electron chi connectivity index (χ4n) is 0.439. The van der Waals surface area contributed by atoms with Gasteiger partial charge in [-0.15, -0.1) is 0 Å². The van der Waals surface area contributed by atoms with Crippen LogP contribution in [0.5, 0.6) is 0 Å². The highest BCUT2D eigenvalue weighted by Gasteiger charge is 1.96. The Hall–Kier alpha value is -0.330. The smallest absolute Gasteiger partial charge is 0.164 e. The van der Waals surface area contributed by atoms with Crippen LogP contribution in [0.25, 0.3) is 0 Å². The van der Waals surface area contributed by atoms with E-state index in [1.54, 1.807) is 12.2 Å². The second-order valence-corrected chi connectivity index (χ2v) is 2.52. The number of rotatable bonds is 0. The van der Waals surface area contributed by atoms with Gasteiger partial charge in [0.15, 0.2) is 5.83 Å². The molecule has 0 saturated carbocycles. The van der Waals surface area contributed by atoms with Crippen molar-refractivity contribution in [3.8, 4) is 0 Å². The van der Waals surface area contributed by atoms with Crippen LogP contribution in [0.2, 0.25) is 0 Å². The van der Waals surface area contributed by atoms with Gasteiger partial charge in [-0.1, -0.05) is 27.7 Å². The van der Waals surface area contributed by atoms with Crippen molar-refractivity contribution in [2.24, 2.45) is 0 Å². The summed E-state index contributed by atoms with van der Waals surface area (Å²) in [5.74, 6) is -0.305. The van der Waals surface area contributed by atoms with Gasteiger partial charge in [0.2, 0.25) is 0 Å². The molecule has 1 atom stereocenters. The van der Waals surface area contributed by atoms with E-state index < -0.39 is 0 Å². The third-order valence-electron chi connectivity index (χ3n) is 0.807. The third-order valence-corrected chi connectivity index (χ3v) is 1.38. The van der Waals surface area contributed by atoms with E-state index in [2.05, 4.69) is 21.7 Å². The molecule has 1 rings (SSSR count). The molecular weight excluding hydrogens is 171 g/mol. The normalized spacial score (nSPS) is 25.8. The number of alkyl halides is 1. The minimum Gasteiger partial charge on any atom is -0.198 e. The lowest BCUT2D eigenvalue weighted by atomic mass is 10.3. The molecule has 0 fully saturated rings. The molecule has 0 spiro atoms. The summed E-state index contributed by atoms with van der Waals surface area (Å²) in [7, 11) is 0. The van der Waals surface area contributed by atoms with E-state index in [0.717, 1.165) is 0 Å². The Kier molecular flexibility index (Phi) is 1.66. The van der Waals surface area contributed by atoms with Crippen LogP contribution in [0, 0.1) is 0 Å². The molecule has 0 nitrogen and oxygen atoms in total. The van der Waals surface area contributed by atoms with Gasteiger partial charge in [0.1, 0.15) is 0 Å². The van der Waals surface area contributed by atoms with E-state index >= 15 is 0 Å². The molecule has 0 radical (unpaired) electrons. The minimum absolute atomic E-state index is 0.155. The molecule has 0 aromatic heterocycles. The summed E-state index contributed by atoms with van der Waals surface area (Å²) in [5, 5.41) is 0. The van der Waals surface area contributed by atoms with Crippen LogP contribution in [0.4, 0.5) is 4.39 Å². The SMILES string of the molecule is FC1=C=CC(Br)C=C1. The number of halogens is 2. The van der Waals surface area contributed by atoms with Gasteiger partial charge in [-0.3, -0.25) is 0 Å². The zero-order valence-corrected chi connectivity index (χ0v) is 5.65. The van der Waals surface area contributed by atoms with Crippen LogP contribution < -0.4 is 0 Å². The topological polar surface area (TPSA) is 0 Å². The van der Waals surface area contributed by atoms with E-state index in [-0.39, 0.29) is 10.7 Å². The number of hydrogen-bond donors (Lipinski definition) is 0. The maximum Gasteiger partial charge on any atom is 0.164 e. The predicted molar refractivity (Wildman–Crippen MR) is 34.6 cm³/mol. The highest BCUT2D eigenvalue weighted by Crippen LogP contribution is 2.10. The van der Waals surface area contributed by atoms with Crippen molar-refractivity contribution in [2.45, 2.75) is 4.83 Å². The van der Waals surface area contributed by atoms with Crippen molar-refractivity contribution in [2.75, 3.05) is 0 Å². The average Bonchev–Trinajstić information content (AvgIpc) is 1.77. The molecule has 0 amide bonds. The zero-order chi connectivity index (χ0) is 5.98.